The molecule has 2 aliphatic rings. The molecule has 2 fully saturated rings. The third-order valence-electron chi connectivity index (χ3n) is 8.14. The number of benzene rings is 1. The molecule has 2 aliphatic heterocycles. The predicted octanol–water partition coefficient (Wildman–Crippen LogP) is 1.78. The van der Waals surface area contributed by atoms with E-state index < -0.39 is 41.6 Å². The fourth-order valence-corrected chi connectivity index (χ4v) is 5.29. The van der Waals surface area contributed by atoms with Gasteiger partial charge in [-0.1, -0.05) is 57.0 Å². The molecule has 10 heteroatoms. The van der Waals surface area contributed by atoms with Gasteiger partial charge in [-0.2, -0.15) is 0 Å². The molecule has 5 atom stereocenters. The number of aliphatic hydroxyl groups is 1. The van der Waals surface area contributed by atoms with E-state index in [9.17, 15) is 29.1 Å². The number of unbranched alkanes of at least 4 members (excludes halogenated alkanes) is 2. The summed E-state index contributed by atoms with van der Waals surface area (Å²) in [6.45, 7) is 5.56. The van der Waals surface area contributed by atoms with E-state index in [4.69, 9.17) is 0 Å². The number of hydrogen-bond acceptors (Lipinski definition) is 6. The normalized spacial score (nSPS) is 26.6. The molecule has 3 rings (SSSR count). The Morgan fingerprint density at radius 3 is 2.42 bits per heavy atom. The Balaban J connectivity index is 1.79. The van der Waals surface area contributed by atoms with Gasteiger partial charge >= 0.3 is 0 Å². The van der Waals surface area contributed by atoms with Gasteiger partial charge in [0.05, 0.1) is 0 Å². The van der Waals surface area contributed by atoms with Gasteiger partial charge in [0.2, 0.25) is 23.6 Å². The fraction of sp³-hybridized carbons (Fsp3) is 0.633. The van der Waals surface area contributed by atoms with E-state index in [2.05, 4.69) is 16.0 Å². The van der Waals surface area contributed by atoms with Crippen LogP contribution in [0.3, 0.4) is 0 Å². The van der Waals surface area contributed by atoms with Crippen LogP contribution in [0.5, 0.6) is 0 Å². The molecule has 4 N–H and O–H groups in total. The van der Waals surface area contributed by atoms with Gasteiger partial charge in [0.1, 0.15) is 29.8 Å². The van der Waals surface area contributed by atoms with Gasteiger partial charge in [-0.25, -0.2) is 0 Å². The summed E-state index contributed by atoms with van der Waals surface area (Å²) < 4.78 is 0. The lowest BCUT2D eigenvalue weighted by Gasteiger charge is -2.36. The molecule has 0 aliphatic carbocycles. The van der Waals surface area contributed by atoms with Crippen LogP contribution in [-0.4, -0.2) is 75.7 Å². The molecule has 0 radical (unpaired) electrons. The van der Waals surface area contributed by atoms with Gasteiger partial charge in [0, 0.05) is 19.4 Å². The first kappa shape index (κ1) is 31.3. The van der Waals surface area contributed by atoms with Crippen molar-refractivity contribution < 1.29 is 29.1 Å². The van der Waals surface area contributed by atoms with Gasteiger partial charge in [-0.3, -0.25) is 24.0 Å². The number of nitrogens with zero attached hydrogens (tertiary/aromatic N) is 1. The number of amides is 4. The quantitative estimate of drug-likeness (QED) is 0.306. The second-order valence-corrected chi connectivity index (χ2v) is 11.1. The minimum atomic E-state index is -1.29. The van der Waals surface area contributed by atoms with E-state index in [1.807, 2.05) is 30.3 Å². The highest BCUT2D eigenvalue weighted by atomic mass is 16.3. The molecule has 4 amide bonds. The summed E-state index contributed by atoms with van der Waals surface area (Å²) in [4.78, 5) is 67.6. The van der Waals surface area contributed by atoms with E-state index >= 15 is 0 Å². The van der Waals surface area contributed by atoms with Crippen molar-refractivity contribution in [2.24, 2.45) is 0 Å². The Morgan fingerprint density at radius 1 is 1.02 bits per heavy atom. The molecular formula is C30H44N4O6. The highest BCUT2D eigenvalue weighted by Gasteiger charge is 2.43. The molecule has 1 aromatic carbocycles. The molecule has 2 saturated heterocycles. The van der Waals surface area contributed by atoms with Gasteiger partial charge in [-0.05, 0) is 51.0 Å². The zero-order chi connectivity index (χ0) is 29.3. The van der Waals surface area contributed by atoms with Crippen LogP contribution >= 0.6 is 0 Å². The highest BCUT2D eigenvalue weighted by Crippen LogP contribution is 2.22. The summed E-state index contributed by atoms with van der Waals surface area (Å²) in [5.41, 5.74) is -0.414. The molecule has 2 heterocycles. The maximum atomic E-state index is 13.8. The number of carbonyl (C=O) groups excluding carboxylic acids is 5. The van der Waals surface area contributed by atoms with Crippen molar-refractivity contribution >= 4 is 29.4 Å². The van der Waals surface area contributed by atoms with Crippen LogP contribution in [0, 0.1) is 0 Å². The van der Waals surface area contributed by atoms with E-state index in [0.29, 0.717) is 51.5 Å². The second-order valence-electron chi connectivity index (χ2n) is 11.1. The van der Waals surface area contributed by atoms with Gasteiger partial charge < -0.3 is 26.0 Å². The summed E-state index contributed by atoms with van der Waals surface area (Å²) in [5, 5.41) is 18.3. The number of carbonyl (C=O) groups is 5. The SMILES string of the molecule is CC[C@@H](O)C(=O)CCCCC[C@@H]1NC(=O)[C@H]2CCCN2C(=O)[C@H](Cc2ccccc2)NC(=O)[C@](C)(CC)NC1=O. The number of Topliss-reactive ketones (excluding diaryl/α,β-unsaturated/α-hetero) is 1. The van der Waals surface area contributed by atoms with Crippen molar-refractivity contribution in [3.8, 4) is 0 Å². The van der Waals surface area contributed by atoms with Gasteiger partial charge in [0.25, 0.3) is 0 Å². The van der Waals surface area contributed by atoms with Crippen molar-refractivity contribution in [3.63, 3.8) is 0 Å². The minimum Gasteiger partial charge on any atom is -0.385 e. The second kappa shape index (κ2) is 14.4. The Bertz CT molecular complexity index is 1060. The first-order chi connectivity index (χ1) is 19.1. The van der Waals surface area contributed by atoms with Crippen LogP contribution in [0.1, 0.15) is 84.1 Å². The molecule has 40 heavy (non-hydrogen) atoms. The Kier molecular flexibility index (Phi) is 11.2. The summed E-state index contributed by atoms with van der Waals surface area (Å²) in [6, 6.07) is 6.90. The van der Waals surface area contributed by atoms with Crippen LogP contribution < -0.4 is 16.0 Å². The molecule has 0 unspecified atom stereocenters. The standard InChI is InChI=1S/C30H44N4O6/c1-4-24(35)25(36)17-11-7-10-15-21-26(37)33-30(3,5-2)29(40)32-22(19-20-13-8-6-9-14-20)28(39)34-18-12-16-23(34)27(38)31-21/h6,8-9,13-14,21-24,35H,4-5,7,10-12,15-19H2,1-3H3,(H,31,38)(H,32,40)(H,33,37)/t21-,22-,23+,24+,30-/m0/s1. The van der Waals surface area contributed by atoms with Crippen molar-refractivity contribution in [2.45, 2.75) is 115 Å². The van der Waals surface area contributed by atoms with Crippen LogP contribution in [0.4, 0.5) is 0 Å². The van der Waals surface area contributed by atoms with Crippen molar-refractivity contribution in [3.05, 3.63) is 35.9 Å². The number of rotatable bonds is 11. The Morgan fingerprint density at radius 2 is 1.75 bits per heavy atom. The lowest BCUT2D eigenvalue weighted by Crippen LogP contribution is -2.65. The van der Waals surface area contributed by atoms with Crippen LogP contribution in [0.15, 0.2) is 30.3 Å². The first-order valence-corrected chi connectivity index (χ1v) is 14.6. The van der Waals surface area contributed by atoms with Crippen LogP contribution in [-0.2, 0) is 30.4 Å². The molecule has 0 aromatic heterocycles. The molecule has 1 aromatic rings. The monoisotopic (exact) mass is 556 g/mol. The van der Waals surface area contributed by atoms with Crippen molar-refractivity contribution in [1.82, 2.24) is 20.9 Å². The Hall–Kier alpha value is -3.27. The molecule has 0 spiro atoms. The maximum Gasteiger partial charge on any atom is 0.246 e. The lowest BCUT2D eigenvalue weighted by atomic mass is 9.94. The molecule has 0 saturated carbocycles. The van der Waals surface area contributed by atoms with Gasteiger partial charge in [0.15, 0.2) is 5.78 Å². The third-order valence-corrected chi connectivity index (χ3v) is 8.14. The molecule has 220 valence electrons. The average molecular weight is 557 g/mol. The summed E-state index contributed by atoms with van der Waals surface area (Å²) in [7, 11) is 0. The Labute approximate surface area is 236 Å². The van der Waals surface area contributed by atoms with Crippen LogP contribution in [0.2, 0.25) is 0 Å². The molecule has 0 bridgehead atoms. The van der Waals surface area contributed by atoms with E-state index in [-0.39, 0.29) is 36.9 Å². The van der Waals surface area contributed by atoms with Crippen molar-refractivity contribution in [2.75, 3.05) is 6.54 Å². The molecule has 10 nitrogen and oxygen atoms in total. The van der Waals surface area contributed by atoms with E-state index in [0.717, 1.165) is 5.56 Å². The number of nitrogens with one attached hydrogen (secondary N) is 3. The predicted molar refractivity (Wildman–Crippen MR) is 150 cm³/mol. The van der Waals surface area contributed by atoms with Gasteiger partial charge in [-0.15, -0.1) is 0 Å². The smallest absolute Gasteiger partial charge is 0.246 e. The molecular weight excluding hydrogens is 512 g/mol. The fourth-order valence-electron chi connectivity index (χ4n) is 5.29. The zero-order valence-corrected chi connectivity index (χ0v) is 23.9. The summed E-state index contributed by atoms with van der Waals surface area (Å²) in [6.07, 6.45) is 3.47. The first-order valence-electron chi connectivity index (χ1n) is 14.6. The number of ketones is 1. The number of aliphatic hydroxyl groups excluding tert-OH is 1. The number of hydrogen-bond donors (Lipinski definition) is 4. The highest BCUT2D eigenvalue weighted by molar-refractivity contribution is 5.99. The third kappa shape index (κ3) is 7.90. The van der Waals surface area contributed by atoms with E-state index in [1.165, 1.54) is 4.90 Å². The van der Waals surface area contributed by atoms with Crippen LogP contribution in [0.25, 0.3) is 0 Å². The average Bonchev–Trinajstić information content (AvgIpc) is 3.45. The maximum absolute atomic E-state index is 13.8. The summed E-state index contributed by atoms with van der Waals surface area (Å²) >= 11 is 0. The minimum absolute atomic E-state index is 0.194. The lowest BCUT2D eigenvalue weighted by molar-refractivity contribution is -0.144. The largest absolute Gasteiger partial charge is 0.385 e. The zero-order valence-electron chi connectivity index (χ0n) is 23.9. The topological polar surface area (TPSA) is 145 Å². The van der Waals surface area contributed by atoms with E-state index in [1.54, 1.807) is 20.8 Å². The van der Waals surface area contributed by atoms with Crippen molar-refractivity contribution in [1.29, 1.82) is 0 Å². The number of fused-ring (bicyclic) bond motifs is 1. The summed E-state index contributed by atoms with van der Waals surface area (Å²) in [5.74, 6) is -1.79.